The van der Waals surface area contributed by atoms with E-state index in [-0.39, 0.29) is 19.0 Å². The first-order chi connectivity index (χ1) is 5.48. The number of nitrogens with zero attached hydrogens (tertiary/aromatic N) is 1. The second-order valence-electron chi connectivity index (χ2n) is 2.92. The molecule has 1 unspecified atom stereocenters. The molecule has 0 heterocycles. The minimum absolute atomic E-state index is 0.0499. The maximum Gasteiger partial charge on any atom is 0.302 e. The largest absolute Gasteiger partial charge is 0.466 e. The van der Waals surface area contributed by atoms with Crippen LogP contribution in [0.5, 0.6) is 0 Å². The van der Waals surface area contributed by atoms with E-state index in [1.807, 2.05) is 6.07 Å². The van der Waals surface area contributed by atoms with Crippen LogP contribution in [0.3, 0.4) is 0 Å². The molecular formula is C8H13NO3. The summed E-state index contributed by atoms with van der Waals surface area (Å²) in [6, 6.07) is 1.86. The Kier molecular flexibility index (Phi) is 4.30. The van der Waals surface area contributed by atoms with E-state index in [9.17, 15) is 9.90 Å². The minimum atomic E-state index is -1.05. The smallest absolute Gasteiger partial charge is 0.302 e. The molecular weight excluding hydrogens is 158 g/mol. The van der Waals surface area contributed by atoms with Crippen molar-refractivity contribution in [1.29, 1.82) is 5.26 Å². The van der Waals surface area contributed by atoms with E-state index in [1.165, 1.54) is 6.92 Å². The van der Waals surface area contributed by atoms with E-state index in [1.54, 1.807) is 6.92 Å². The summed E-state index contributed by atoms with van der Waals surface area (Å²) in [5, 5.41) is 17.7. The number of carbonyl (C=O) groups is 1. The summed E-state index contributed by atoms with van der Waals surface area (Å²) in [4.78, 5) is 10.3. The van der Waals surface area contributed by atoms with Crippen molar-refractivity contribution in [2.24, 2.45) is 0 Å². The Morgan fingerprint density at radius 2 is 2.33 bits per heavy atom. The number of hydrogen-bond donors (Lipinski definition) is 1. The van der Waals surface area contributed by atoms with Gasteiger partial charge in [-0.25, -0.2) is 0 Å². The van der Waals surface area contributed by atoms with Crippen LogP contribution in [0.1, 0.15) is 26.7 Å². The normalized spacial score (nSPS) is 14.5. The molecule has 0 aliphatic heterocycles. The van der Waals surface area contributed by atoms with Crippen LogP contribution in [0.4, 0.5) is 0 Å². The number of ether oxygens (including phenoxy) is 1. The average Bonchev–Trinajstić information content (AvgIpc) is 1.85. The van der Waals surface area contributed by atoms with Gasteiger partial charge in [0, 0.05) is 13.3 Å². The third-order valence-electron chi connectivity index (χ3n) is 1.41. The van der Waals surface area contributed by atoms with Crippen LogP contribution in [-0.4, -0.2) is 23.3 Å². The van der Waals surface area contributed by atoms with Crippen LogP contribution < -0.4 is 0 Å². The lowest BCUT2D eigenvalue weighted by molar-refractivity contribution is -0.142. The molecule has 0 spiro atoms. The molecule has 0 aliphatic carbocycles. The fourth-order valence-corrected chi connectivity index (χ4v) is 0.673. The Labute approximate surface area is 71.8 Å². The molecule has 0 aromatic rings. The summed E-state index contributed by atoms with van der Waals surface area (Å²) in [6.45, 7) is 3.00. The molecule has 0 aromatic heterocycles. The van der Waals surface area contributed by atoms with Crippen molar-refractivity contribution in [3.05, 3.63) is 0 Å². The predicted octanol–water partition coefficient (Wildman–Crippen LogP) is 0.604. The quantitative estimate of drug-likeness (QED) is 0.629. The summed E-state index contributed by atoms with van der Waals surface area (Å²) in [7, 11) is 0. The van der Waals surface area contributed by atoms with Gasteiger partial charge in [-0.1, -0.05) is 0 Å². The summed E-state index contributed by atoms with van der Waals surface area (Å²) < 4.78 is 4.62. The van der Waals surface area contributed by atoms with E-state index in [2.05, 4.69) is 4.74 Å². The van der Waals surface area contributed by atoms with Gasteiger partial charge in [0.25, 0.3) is 0 Å². The zero-order chi connectivity index (χ0) is 9.61. The van der Waals surface area contributed by atoms with E-state index < -0.39 is 5.60 Å². The number of hydrogen-bond acceptors (Lipinski definition) is 4. The van der Waals surface area contributed by atoms with Crippen molar-refractivity contribution in [2.75, 3.05) is 6.61 Å². The fourth-order valence-electron chi connectivity index (χ4n) is 0.673. The zero-order valence-corrected chi connectivity index (χ0v) is 7.33. The predicted molar refractivity (Wildman–Crippen MR) is 42.1 cm³/mol. The van der Waals surface area contributed by atoms with Gasteiger partial charge in [-0.05, 0) is 6.92 Å². The first-order valence-corrected chi connectivity index (χ1v) is 3.70. The van der Waals surface area contributed by atoms with E-state index >= 15 is 0 Å². The first kappa shape index (κ1) is 10.9. The molecule has 0 aliphatic rings. The molecule has 0 fully saturated rings. The van der Waals surface area contributed by atoms with Crippen molar-refractivity contribution < 1.29 is 14.6 Å². The van der Waals surface area contributed by atoms with Gasteiger partial charge < -0.3 is 9.84 Å². The topological polar surface area (TPSA) is 70.3 Å². The van der Waals surface area contributed by atoms with E-state index in [4.69, 9.17) is 5.26 Å². The molecule has 0 rings (SSSR count). The Bertz CT molecular complexity index is 193. The molecule has 0 aromatic carbocycles. The van der Waals surface area contributed by atoms with Crippen molar-refractivity contribution in [1.82, 2.24) is 0 Å². The molecule has 12 heavy (non-hydrogen) atoms. The minimum Gasteiger partial charge on any atom is -0.466 e. The first-order valence-electron chi connectivity index (χ1n) is 3.70. The van der Waals surface area contributed by atoms with Gasteiger partial charge in [-0.3, -0.25) is 4.79 Å². The van der Waals surface area contributed by atoms with Gasteiger partial charge in [0.1, 0.15) is 0 Å². The second-order valence-corrected chi connectivity index (χ2v) is 2.92. The van der Waals surface area contributed by atoms with Crippen LogP contribution in [0.2, 0.25) is 0 Å². The lowest BCUT2D eigenvalue weighted by atomic mass is 10.00. The third kappa shape index (κ3) is 5.69. The number of nitriles is 1. The van der Waals surface area contributed by atoms with Crippen molar-refractivity contribution in [2.45, 2.75) is 32.3 Å². The Morgan fingerprint density at radius 1 is 1.75 bits per heavy atom. The van der Waals surface area contributed by atoms with Crippen molar-refractivity contribution >= 4 is 5.97 Å². The molecule has 0 radical (unpaired) electrons. The average molecular weight is 171 g/mol. The maximum absolute atomic E-state index is 10.3. The lowest BCUT2D eigenvalue weighted by Gasteiger charge is -2.18. The zero-order valence-electron chi connectivity index (χ0n) is 7.33. The van der Waals surface area contributed by atoms with Gasteiger partial charge in [0.05, 0.1) is 24.7 Å². The van der Waals surface area contributed by atoms with Crippen LogP contribution in [0.15, 0.2) is 0 Å². The van der Waals surface area contributed by atoms with Crippen LogP contribution in [-0.2, 0) is 9.53 Å². The van der Waals surface area contributed by atoms with E-state index in [0.29, 0.717) is 6.42 Å². The van der Waals surface area contributed by atoms with Gasteiger partial charge >= 0.3 is 5.97 Å². The van der Waals surface area contributed by atoms with Gasteiger partial charge in [-0.2, -0.15) is 5.26 Å². The summed E-state index contributed by atoms with van der Waals surface area (Å²) in [6.07, 6.45) is 0.342. The standard InChI is InChI=1S/C8H13NO3/c1-7(10)12-6-4-8(2,11)3-5-9/h11H,3-4,6H2,1-2H3. The lowest BCUT2D eigenvalue weighted by Crippen LogP contribution is -2.25. The monoisotopic (exact) mass is 171 g/mol. The van der Waals surface area contributed by atoms with Gasteiger partial charge in [0.15, 0.2) is 0 Å². The Hall–Kier alpha value is -1.08. The Balaban J connectivity index is 3.62. The molecule has 4 heteroatoms. The highest BCUT2D eigenvalue weighted by atomic mass is 16.5. The highest BCUT2D eigenvalue weighted by molar-refractivity contribution is 5.65. The highest BCUT2D eigenvalue weighted by Gasteiger charge is 2.19. The maximum atomic E-state index is 10.3. The molecule has 0 saturated carbocycles. The summed E-state index contributed by atoms with van der Waals surface area (Å²) in [5.74, 6) is -0.372. The van der Waals surface area contributed by atoms with Crippen LogP contribution >= 0.6 is 0 Å². The molecule has 0 bridgehead atoms. The molecule has 0 amide bonds. The van der Waals surface area contributed by atoms with E-state index in [0.717, 1.165) is 0 Å². The van der Waals surface area contributed by atoms with Crippen molar-refractivity contribution in [3.8, 4) is 6.07 Å². The third-order valence-corrected chi connectivity index (χ3v) is 1.41. The number of aliphatic hydroxyl groups is 1. The van der Waals surface area contributed by atoms with Gasteiger partial charge in [0.2, 0.25) is 0 Å². The van der Waals surface area contributed by atoms with Crippen LogP contribution in [0.25, 0.3) is 0 Å². The van der Waals surface area contributed by atoms with Crippen molar-refractivity contribution in [3.63, 3.8) is 0 Å². The number of esters is 1. The highest BCUT2D eigenvalue weighted by Crippen LogP contribution is 2.12. The number of rotatable bonds is 4. The summed E-state index contributed by atoms with van der Waals surface area (Å²) >= 11 is 0. The number of carbonyl (C=O) groups excluding carboxylic acids is 1. The Morgan fingerprint density at radius 3 is 2.75 bits per heavy atom. The molecule has 68 valence electrons. The SMILES string of the molecule is CC(=O)OCCC(C)(O)CC#N. The summed E-state index contributed by atoms with van der Waals surface area (Å²) in [5.41, 5.74) is -1.05. The second kappa shape index (κ2) is 4.73. The molecule has 1 N–H and O–H groups in total. The molecule has 1 atom stereocenters. The molecule has 0 saturated heterocycles. The van der Waals surface area contributed by atoms with Crippen LogP contribution in [0, 0.1) is 11.3 Å². The fraction of sp³-hybridized carbons (Fsp3) is 0.750. The molecule has 4 nitrogen and oxygen atoms in total. The van der Waals surface area contributed by atoms with Gasteiger partial charge in [-0.15, -0.1) is 0 Å².